The van der Waals surface area contributed by atoms with Crippen LogP contribution in [0.5, 0.6) is 0 Å². The van der Waals surface area contributed by atoms with Gasteiger partial charge in [-0.2, -0.15) is 0 Å². The maximum absolute atomic E-state index is 6.16. The van der Waals surface area contributed by atoms with E-state index in [1.807, 2.05) is 24.3 Å². The van der Waals surface area contributed by atoms with Crippen LogP contribution >= 0.6 is 38.9 Å². The Balaban J connectivity index is 1.99. The molecule has 0 atom stereocenters. The van der Waals surface area contributed by atoms with Crippen molar-refractivity contribution < 1.29 is 0 Å². The third-order valence-corrected chi connectivity index (χ3v) is 4.84. The minimum absolute atomic E-state index is 0.742. The Bertz CT molecular complexity index is 754. The summed E-state index contributed by atoms with van der Waals surface area (Å²) < 4.78 is 2.03. The van der Waals surface area contributed by atoms with Gasteiger partial charge in [0.1, 0.15) is 0 Å². The molecule has 0 aliphatic rings. The summed E-state index contributed by atoms with van der Waals surface area (Å²) in [5.41, 5.74) is 3.13. The second-order valence-corrected chi connectivity index (χ2v) is 6.48. The Morgan fingerprint density at radius 1 is 1.26 bits per heavy atom. The summed E-state index contributed by atoms with van der Waals surface area (Å²) in [6.07, 6.45) is 0. The average Bonchev–Trinajstić information content (AvgIpc) is 2.77. The van der Waals surface area contributed by atoms with Crippen LogP contribution in [0.15, 0.2) is 40.9 Å². The smallest absolute Gasteiger partial charge is 0.188 e. The van der Waals surface area contributed by atoms with Gasteiger partial charge in [0.15, 0.2) is 5.13 Å². The first kappa shape index (κ1) is 12.9. The maximum atomic E-state index is 6.16. The van der Waals surface area contributed by atoms with Gasteiger partial charge in [0.05, 0.1) is 20.9 Å². The van der Waals surface area contributed by atoms with Gasteiger partial charge in [0.2, 0.25) is 0 Å². The van der Waals surface area contributed by atoms with Crippen molar-refractivity contribution in [1.82, 2.24) is 4.98 Å². The summed E-state index contributed by atoms with van der Waals surface area (Å²) in [7, 11) is 0. The normalized spacial score (nSPS) is 10.9. The van der Waals surface area contributed by atoms with Gasteiger partial charge in [-0.3, -0.25) is 0 Å². The van der Waals surface area contributed by atoms with E-state index < -0.39 is 0 Å². The minimum atomic E-state index is 0.742. The molecule has 0 saturated carbocycles. The topological polar surface area (TPSA) is 24.9 Å². The number of thiazole rings is 1. The van der Waals surface area contributed by atoms with Gasteiger partial charge >= 0.3 is 0 Å². The second-order valence-electron chi connectivity index (χ2n) is 4.22. The van der Waals surface area contributed by atoms with Crippen molar-refractivity contribution in [3.05, 3.63) is 51.5 Å². The van der Waals surface area contributed by atoms with Gasteiger partial charge in [0.25, 0.3) is 0 Å². The zero-order valence-corrected chi connectivity index (χ0v) is 13.2. The van der Waals surface area contributed by atoms with Crippen molar-refractivity contribution in [2.24, 2.45) is 0 Å². The highest BCUT2D eigenvalue weighted by molar-refractivity contribution is 9.10. The minimum Gasteiger partial charge on any atom is -0.331 e. The van der Waals surface area contributed by atoms with Gasteiger partial charge in [-0.1, -0.05) is 35.1 Å². The molecule has 3 aromatic rings. The molecule has 0 saturated heterocycles. The van der Waals surface area contributed by atoms with E-state index in [-0.39, 0.29) is 0 Å². The lowest BCUT2D eigenvalue weighted by Crippen LogP contribution is -1.90. The zero-order valence-electron chi connectivity index (χ0n) is 10.1. The van der Waals surface area contributed by atoms with E-state index in [1.165, 1.54) is 5.56 Å². The van der Waals surface area contributed by atoms with Gasteiger partial charge < -0.3 is 5.32 Å². The molecule has 0 radical (unpaired) electrons. The van der Waals surface area contributed by atoms with Gasteiger partial charge in [0, 0.05) is 4.47 Å². The van der Waals surface area contributed by atoms with Crippen molar-refractivity contribution in [3.63, 3.8) is 0 Å². The molecule has 1 aromatic heterocycles. The van der Waals surface area contributed by atoms with E-state index in [4.69, 9.17) is 11.6 Å². The molecule has 1 heterocycles. The number of aryl methyl sites for hydroxylation is 1. The molecule has 19 heavy (non-hydrogen) atoms. The van der Waals surface area contributed by atoms with E-state index in [0.29, 0.717) is 0 Å². The molecule has 0 bridgehead atoms. The molecule has 0 aliphatic heterocycles. The fraction of sp³-hybridized carbons (Fsp3) is 0.0714. The standard InChI is InChI=1S/C14H10BrClN2S/c1-8-5-6-11(9(15)7-8)17-14-18-12-4-2-3-10(16)13(12)19-14/h2-7H,1H3,(H,17,18). The predicted octanol–water partition coefficient (Wildman–Crippen LogP) is 5.76. The van der Waals surface area contributed by atoms with Crippen molar-refractivity contribution >= 4 is 59.9 Å². The number of nitrogens with zero attached hydrogens (tertiary/aromatic N) is 1. The summed E-state index contributed by atoms with van der Waals surface area (Å²) in [5.74, 6) is 0. The number of halogens is 2. The lowest BCUT2D eigenvalue weighted by atomic mass is 10.2. The van der Waals surface area contributed by atoms with Crippen LogP contribution < -0.4 is 5.32 Å². The third kappa shape index (κ3) is 2.61. The van der Waals surface area contributed by atoms with E-state index in [0.717, 1.165) is 30.5 Å². The number of aromatic nitrogens is 1. The molecule has 0 fully saturated rings. The number of nitrogens with one attached hydrogen (secondary N) is 1. The summed E-state index contributed by atoms with van der Waals surface area (Å²) >= 11 is 11.3. The number of fused-ring (bicyclic) bond motifs is 1. The Morgan fingerprint density at radius 2 is 2.11 bits per heavy atom. The van der Waals surface area contributed by atoms with Crippen LogP contribution in [0.1, 0.15) is 5.56 Å². The Labute approximate surface area is 128 Å². The number of benzene rings is 2. The molecule has 0 amide bonds. The van der Waals surface area contributed by atoms with Crippen LogP contribution in [0.25, 0.3) is 10.2 Å². The largest absolute Gasteiger partial charge is 0.331 e. The summed E-state index contributed by atoms with van der Waals surface area (Å²) in [6.45, 7) is 2.06. The van der Waals surface area contributed by atoms with E-state index in [2.05, 4.69) is 45.3 Å². The number of rotatable bonds is 2. The van der Waals surface area contributed by atoms with Crippen LogP contribution in [-0.2, 0) is 0 Å². The van der Waals surface area contributed by atoms with Gasteiger partial charge in [-0.15, -0.1) is 0 Å². The quantitative estimate of drug-likeness (QED) is 0.633. The van der Waals surface area contributed by atoms with Crippen LogP contribution in [0.2, 0.25) is 5.02 Å². The molecule has 2 nitrogen and oxygen atoms in total. The highest BCUT2D eigenvalue weighted by Crippen LogP contribution is 2.34. The third-order valence-electron chi connectivity index (χ3n) is 2.73. The molecule has 0 aliphatic carbocycles. The molecular formula is C14H10BrClN2S. The fourth-order valence-electron chi connectivity index (χ4n) is 1.81. The summed E-state index contributed by atoms with van der Waals surface area (Å²) in [6, 6.07) is 11.9. The molecule has 0 spiro atoms. The number of hydrogen-bond acceptors (Lipinski definition) is 3. The molecule has 0 unspecified atom stereocenters. The van der Waals surface area contributed by atoms with Crippen LogP contribution in [-0.4, -0.2) is 4.98 Å². The first-order valence-corrected chi connectivity index (χ1v) is 7.70. The predicted molar refractivity (Wildman–Crippen MR) is 86.8 cm³/mol. The Hall–Kier alpha value is -1.10. The van der Waals surface area contributed by atoms with Crippen molar-refractivity contribution in [2.45, 2.75) is 6.92 Å². The monoisotopic (exact) mass is 352 g/mol. The van der Waals surface area contributed by atoms with E-state index in [9.17, 15) is 0 Å². The Kier molecular flexibility index (Phi) is 3.48. The van der Waals surface area contributed by atoms with E-state index in [1.54, 1.807) is 11.3 Å². The van der Waals surface area contributed by atoms with Crippen molar-refractivity contribution in [3.8, 4) is 0 Å². The Morgan fingerprint density at radius 3 is 2.84 bits per heavy atom. The second kappa shape index (κ2) is 5.12. The fourth-order valence-corrected chi connectivity index (χ4v) is 3.57. The summed E-state index contributed by atoms with van der Waals surface area (Å²) in [5, 5.41) is 4.90. The SMILES string of the molecule is Cc1ccc(Nc2nc3cccc(Cl)c3s2)c(Br)c1. The molecule has 2 aromatic carbocycles. The van der Waals surface area contributed by atoms with Gasteiger partial charge in [-0.25, -0.2) is 4.98 Å². The molecule has 1 N–H and O–H groups in total. The van der Waals surface area contributed by atoms with Gasteiger partial charge in [-0.05, 0) is 52.7 Å². The van der Waals surface area contributed by atoms with Crippen LogP contribution in [0.4, 0.5) is 10.8 Å². The molecule has 3 rings (SSSR count). The number of anilines is 2. The maximum Gasteiger partial charge on any atom is 0.188 e. The molecular weight excluding hydrogens is 344 g/mol. The molecule has 96 valence electrons. The number of hydrogen-bond donors (Lipinski definition) is 1. The molecule has 5 heteroatoms. The van der Waals surface area contributed by atoms with Crippen LogP contribution in [0, 0.1) is 6.92 Å². The van der Waals surface area contributed by atoms with E-state index >= 15 is 0 Å². The van der Waals surface area contributed by atoms with Crippen LogP contribution in [0.3, 0.4) is 0 Å². The lowest BCUT2D eigenvalue weighted by molar-refractivity contribution is 1.40. The van der Waals surface area contributed by atoms with Crippen molar-refractivity contribution in [2.75, 3.05) is 5.32 Å². The average molecular weight is 354 g/mol. The summed E-state index contributed by atoms with van der Waals surface area (Å²) in [4.78, 5) is 4.53. The highest BCUT2D eigenvalue weighted by Gasteiger charge is 2.08. The first-order chi connectivity index (χ1) is 9.13. The van der Waals surface area contributed by atoms with Crippen molar-refractivity contribution in [1.29, 1.82) is 0 Å². The first-order valence-electron chi connectivity index (χ1n) is 5.72. The highest BCUT2D eigenvalue weighted by atomic mass is 79.9. The zero-order chi connectivity index (χ0) is 13.4. The lowest BCUT2D eigenvalue weighted by Gasteiger charge is -2.05.